The first-order valence-corrected chi connectivity index (χ1v) is 17.7. The van der Waals surface area contributed by atoms with E-state index in [0.717, 1.165) is 19.3 Å². The molecule has 0 aliphatic carbocycles. The van der Waals surface area contributed by atoms with Crippen LogP contribution in [0, 0.1) is 17.8 Å². The number of nitrogens with one attached hydrogen (secondary N) is 1. The smallest absolute Gasteiger partial charge is 0.313 e. The lowest BCUT2D eigenvalue weighted by Crippen LogP contribution is -2.59. The zero-order valence-electron chi connectivity index (χ0n) is 29.1. The first-order valence-electron chi connectivity index (χ1n) is 17.7. The molecule has 0 unspecified atom stereocenters. The number of fused-ring (bicyclic) bond motifs is 1. The maximum Gasteiger partial charge on any atom is 0.313 e. The number of allylic oxidation sites excluding steroid dienone is 1. The molecule has 1 aromatic rings. The molecule has 1 spiro atoms. The zero-order chi connectivity index (χ0) is 35.0. The summed E-state index contributed by atoms with van der Waals surface area (Å²) in [5.41, 5.74) is -0.512. The summed E-state index contributed by atoms with van der Waals surface area (Å²) in [7, 11) is 0. The van der Waals surface area contributed by atoms with Gasteiger partial charge < -0.3 is 29.7 Å². The van der Waals surface area contributed by atoms with Crippen molar-refractivity contribution in [2.24, 2.45) is 17.8 Å². The lowest BCUT2D eigenvalue weighted by Gasteiger charge is -2.39. The Hall–Kier alpha value is -3.50. The maximum absolute atomic E-state index is 14.6. The summed E-state index contributed by atoms with van der Waals surface area (Å²) in [6, 6.07) is 7.05. The van der Waals surface area contributed by atoms with E-state index in [4.69, 9.17) is 9.47 Å². The molecule has 0 aromatic heterocycles. The molecule has 10 nitrogen and oxygen atoms in total. The highest BCUT2D eigenvalue weighted by molar-refractivity contribution is 5.98. The van der Waals surface area contributed by atoms with Gasteiger partial charge in [-0.1, -0.05) is 76.1 Å². The van der Waals surface area contributed by atoms with Gasteiger partial charge in [0, 0.05) is 19.5 Å². The fourth-order valence-electron chi connectivity index (χ4n) is 7.96. The summed E-state index contributed by atoms with van der Waals surface area (Å²) < 4.78 is 12.9. The van der Waals surface area contributed by atoms with Crippen molar-refractivity contribution in [3.05, 3.63) is 61.2 Å². The van der Waals surface area contributed by atoms with Crippen LogP contribution in [-0.4, -0.2) is 88.1 Å². The van der Waals surface area contributed by atoms with E-state index in [9.17, 15) is 24.3 Å². The highest BCUT2D eigenvalue weighted by atomic mass is 16.6. The lowest BCUT2D eigenvalue weighted by molar-refractivity contribution is -0.162. The van der Waals surface area contributed by atoms with Crippen LogP contribution < -0.4 is 5.32 Å². The molecule has 2 bridgehead atoms. The molecule has 48 heavy (non-hydrogen) atoms. The monoisotopic (exact) mass is 665 g/mol. The van der Waals surface area contributed by atoms with Crippen LogP contribution >= 0.6 is 0 Å². The van der Waals surface area contributed by atoms with Crippen molar-refractivity contribution < 1.29 is 33.8 Å². The molecule has 0 radical (unpaired) electrons. The molecule has 8 atom stereocenters. The van der Waals surface area contributed by atoms with E-state index in [1.807, 2.05) is 44.2 Å². The Morgan fingerprint density at radius 1 is 1.17 bits per heavy atom. The maximum atomic E-state index is 14.6. The number of benzene rings is 1. The second-order valence-corrected chi connectivity index (χ2v) is 14.0. The number of unbranched alkanes of at least 4 members (excludes halogenated alkanes) is 2. The van der Waals surface area contributed by atoms with Crippen molar-refractivity contribution in [2.75, 3.05) is 19.7 Å². The first kappa shape index (κ1) is 37.3. The van der Waals surface area contributed by atoms with Crippen molar-refractivity contribution in [1.29, 1.82) is 0 Å². The molecular weight excluding hydrogens is 610 g/mol. The van der Waals surface area contributed by atoms with Gasteiger partial charge in [-0.05, 0) is 50.5 Å². The number of esters is 1. The first-order chi connectivity index (χ1) is 23.0. The van der Waals surface area contributed by atoms with E-state index in [1.54, 1.807) is 28.9 Å². The number of aliphatic hydroxyl groups is 1. The van der Waals surface area contributed by atoms with Crippen LogP contribution in [0.15, 0.2) is 55.6 Å². The predicted octanol–water partition coefficient (Wildman–Crippen LogP) is 4.73. The van der Waals surface area contributed by atoms with Gasteiger partial charge >= 0.3 is 5.97 Å². The van der Waals surface area contributed by atoms with Gasteiger partial charge in [-0.3, -0.25) is 19.2 Å². The van der Waals surface area contributed by atoms with Crippen LogP contribution in [-0.2, 0) is 28.7 Å². The minimum absolute atomic E-state index is 0.144. The normalized spacial score (nSPS) is 26.1. The minimum atomic E-state index is -1.22. The number of ether oxygens (including phenoxy) is 2. The number of hydrogen-bond donors (Lipinski definition) is 2. The molecule has 3 amide bonds. The van der Waals surface area contributed by atoms with Gasteiger partial charge in [0.2, 0.25) is 17.7 Å². The van der Waals surface area contributed by atoms with Crippen molar-refractivity contribution in [2.45, 2.75) is 115 Å². The largest absolute Gasteiger partial charge is 0.455 e. The summed E-state index contributed by atoms with van der Waals surface area (Å²) in [4.78, 5) is 59.5. The number of likely N-dealkylation sites (tertiary alicyclic amines) is 1. The number of carbonyl (C=O) groups excluding carboxylic acids is 4. The van der Waals surface area contributed by atoms with E-state index in [2.05, 4.69) is 25.4 Å². The topological polar surface area (TPSA) is 125 Å². The van der Waals surface area contributed by atoms with Gasteiger partial charge in [0.25, 0.3) is 0 Å². The van der Waals surface area contributed by atoms with Crippen LogP contribution in [0.2, 0.25) is 0 Å². The Morgan fingerprint density at radius 3 is 2.52 bits per heavy atom. The van der Waals surface area contributed by atoms with Crippen LogP contribution in [0.25, 0.3) is 0 Å². The van der Waals surface area contributed by atoms with Crippen LogP contribution in [0.4, 0.5) is 0 Å². The van der Waals surface area contributed by atoms with Gasteiger partial charge in [-0.15, -0.1) is 13.2 Å². The Kier molecular flexibility index (Phi) is 13.0. The third-order valence-corrected chi connectivity index (χ3v) is 10.1. The standard InChI is InChI=1S/C38H55N3O7/c1-7-10-15-22-40(21-9-3)36(45)34-38-20-19-29(48-38)31(32(38)35(44)41(34)28(24-42)23-25(4)5)37(46)47-33(27-16-13-12-14-17-27)26(6)39-30(43)18-11-8-2/h8-9,12-14,16-17,25-26,28-29,31-34,42H,2-3,7,10-11,15,18-24H2,1,4-6H3,(H,39,43)/t26-,28-,29-,31+,32+,33-,34-,38+/m1/s1. The number of amides is 3. The SMILES string of the molecule is C=CCCC(=O)N[C@H](C)[C@@H](OC(=O)[C@@H]1[C@H]2C(=O)N([C@@H](CO)CC(C)C)[C@H](C(=O)N(CC=C)CCCCC)[C@]23CC[C@H]1O3)c1ccccc1. The Bertz CT molecular complexity index is 1300. The summed E-state index contributed by atoms with van der Waals surface area (Å²) in [5, 5.41) is 13.6. The summed E-state index contributed by atoms with van der Waals surface area (Å²) >= 11 is 0. The predicted molar refractivity (Wildman–Crippen MR) is 183 cm³/mol. The zero-order valence-corrected chi connectivity index (χ0v) is 29.1. The Labute approximate surface area is 285 Å². The highest BCUT2D eigenvalue weighted by Crippen LogP contribution is 2.59. The van der Waals surface area contributed by atoms with Gasteiger partial charge in [-0.2, -0.15) is 0 Å². The van der Waals surface area contributed by atoms with Crippen molar-refractivity contribution in [3.63, 3.8) is 0 Å². The fraction of sp³-hybridized carbons (Fsp3) is 0.632. The molecule has 10 heteroatoms. The van der Waals surface area contributed by atoms with Crippen LogP contribution in [0.1, 0.15) is 90.7 Å². The quantitative estimate of drug-likeness (QED) is 0.124. The molecule has 3 aliphatic rings. The lowest BCUT2D eigenvalue weighted by atomic mass is 9.70. The third-order valence-electron chi connectivity index (χ3n) is 10.1. The molecule has 0 saturated carbocycles. The average Bonchev–Trinajstić information content (AvgIpc) is 3.72. The van der Waals surface area contributed by atoms with Gasteiger partial charge in [0.05, 0.1) is 36.6 Å². The minimum Gasteiger partial charge on any atom is -0.455 e. The summed E-state index contributed by atoms with van der Waals surface area (Å²) in [6.07, 6.45) is 6.91. The van der Waals surface area contributed by atoms with E-state index >= 15 is 0 Å². The molecule has 3 aliphatic heterocycles. The average molecular weight is 666 g/mol. The summed E-state index contributed by atoms with van der Waals surface area (Å²) in [5.74, 6) is -3.10. The number of rotatable bonds is 19. The third kappa shape index (κ3) is 7.70. The molecule has 264 valence electrons. The number of hydrogen-bond acceptors (Lipinski definition) is 7. The van der Waals surface area contributed by atoms with Gasteiger partial charge in [-0.25, -0.2) is 0 Å². The van der Waals surface area contributed by atoms with E-state index in [-0.39, 0.29) is 36.7 Å². The van der Waals surface area contributed by atoms with Crippen molar-refractivity contribution in [1.82, 2.24) is 15.1 Å². The van der Waals surface area contributed by atoms with Gasteiger partial charge in [0.1, 0.15) is 17.7 Å². The van der Waals surface area contributed by atoms with Crippen molar-refractivity contribution >= 4 is 23.7 Å². The molecular formula is C38H55N3O7. The second kappa shape index (κ2) is 16.7. The molecule has 1 aromatic carbocycles. The summed E-state index contributed by atoms with van der Waals surface area (Å²) in [6.45, 7) is 16.0. The molecule has 3 fully saturated rings. The van der Waals surface area contributed by atoms with E-state index in [0.29, 0.717) is 44.3 Å². The Morgan fingerprint density at radius 2 is 1.90 bits per heavy atom. The fourth-order valence-corrected chi connectivity index (χ4v) is 7.96. The Balaban J connectivity index is 1.69. The van der Waals surface area contributed by atoms with Gasteiger partial charge in [0.15, 0.2) is 0 Å². The number of nitrogens with zero attached hydrogens (tertiary/aromatic N) is 2. The van der Waals surface area contributed by atoms with E-state index < -0.39 is 53.7 Å². The highest BCUT2D eigenvalue weighted by Gasteiger charge is 2.75. The van der Waals surface area contributed by atoms with Crippen LogP contribution in [0.5, 0.6) is 0 Å². The molecule has 3 saturated heterocycles. The molecule has 3 heterocycles. The van der Waals surface area contributed by atoms with E-state index in [1.165, 1.54) is 0 Å². The van der Waals surface area contributed by atoms with Crippen LogP contribution in [0.3, 0.4) is 0 Å². The second-order valence-electron chi connectivity index (χ2n) is 14.0. The molecule has 4 rings (SSSR count). The number of carbonyl (C=O) groups is 4. The number of aliphatic hydroxyl groups excluding tert-OH is 1. The molecule has 2 N–H and O–H groups in total. The van der Waals surface area contributed by atoms with Crippen molar-refractivity contribution in [3.8, 4) is 0 Å².